The van der Waals surface area contributed by atoms with E-state index in [0.717, 1.165) is 35.5 Å². The lowest BCUT2D eigenvalue weighted by molar-refractivity contribution is 0.0345. The first kappa shape index (κ1) is 12.5. The third kappa shape index (κ3) is 2.31. The van der Waals surface area contributed by atoms with Gasteiger partial charge in [0.25, 0.3) is 0 Å². The third-order valence-corrected chi connectivity index (χ3v) is 6.10. The van der Waals surface area contributed by atoms with Gasteiger partial charge in [0.1, 0.15) is 0 Å². The van der Waals surface area contributed by atoms with E-state index >= 15 is 0 Å². The predicted molar refractivity (Wildman–Crippen MR) is 71.3 cm³/mol. The Hall–Kier alpha value is 0. The lowest BCUT2D eigenvalue weighted by atomic mass is 9.59. The predicted octanol–water partition coefficient (Wildman–Crippen LogP) is 5.13. The Kier molecular flexibility index (Phi) is 3.97. The minimum absolute atomic E-state index is 0.963. The topological polar surface area (TPSA) is 0 Å². The fourth-order valence-corrected chi connectivity index (χ4v) is 4.32. The fourth-order valence-electron chi connectivity index (χ4n) is 4.32. The molecule has 0 heterocycles. The maximum absolute atomic E-state index is 2.53. The first-order valence-corrected chi connectivity index (χ1v) is 7.63. The van der Waals surface area contributed by atoms with Crippen LogP contribution in [0.3, 0.4) is 0 Å². The zero-order chi connectivity index (χ0) is 11.7. The van der Waals surface area contributed by atoms with Crippen LogP contribution < -0.4 is 0 Å². The Bertz CT molecular complexity index is 218. The van der Waals surface area contributed by atoms with Gasteiger partial charge in [-0.15, -0.1) is 0 Å². The van der Waals surface area contributed by atoms with E-state index in [4.69, 9.17) is 0 Å². The van der Waals surface area contributed by atoms with Crippen LogP contribution in [0.2, 0.25) is 0 Å². The van der Waals surface area contributed by atoms with Crippen LogP contribution in [0.15, 0.2) is 0 Å². The molecule has 0 nitrogen and oxygen atoms in total. The molecule has 94 valence electrons. The number of rotatable bonds is 2. The fraction of sp³-hybridized carbons (Fsp3) is 1.00. The van der Waals surface area contributed by atoms with E-state index < -0.39 is 0 Å². The van der Waals surface area contributed by atoms with Gasteiger partial charge in [0.05, 0.1) is 0 Å². The summed E-state index contributed by atoms with van der Waals surface area (Å²) in [5.41, 5.74) is 0. The molecular formula is C16H30. The number of hydrogen-bond acceptors (Lipinski definition) is 0. The van der Waals surface area contributed by atoms with Crippen molar-refractivity contribution in [3.63, 3.8) is 0 Å². The summed E-state index contributed by atoms with van der Waals surface area (Å²) >= 11 is 0. The van der Waals surface area contributed by atoms with Gasteiger partial charge in [-0.25, -0.2) is 0 Å². The first-order valence-electron chi connectivity index (χ1n) is 7.63. The molecule has 2 fully saturated rings. The molecule has 2 aliphatic carbocycles. The summed E-state index contributed by atoms with van der Waals surface area (Å²) in [5, 5.41) is 0. The highest BCUT2D eigenvalue weighted by atomic mass is 14.4. The second-order valence-electron chi connectivity index (χ2n) is 6.80. The zero-order valence-electron chi connectivity index (χ0n) is 11.7. The van der Waals surface area contributed by atoms with Crippen molar-refractivity contribution in [1.29, 1.82) is 0 Å². The number of fused-ring (bicyclic) bond motifs is 1. The van der Waals surface area contributed by atoms with E-state index in [2.05, 4.69) is 27.7 Å². The normalized spacial score (nSPS) is 46.1. The lowest BCUT2D eigenvalue weighted by Gasteiger charge is -2.47. The van der Waals surface area contributed by atoms with Crippen LogP contribution in [0, 0.1) is 35.5 Å². The maximum Gasteiger partial charge on any atom is -0.0355 e. The summed E-state index contributed by atoms with van der Waals surface area (Å²) in [6.07, 6.45) is 9.02. The molecule has 0 N–H and O–H groups in total. The van der Waals surface area contributed by atoms with Gasteiger partial charge < -0.3 is 0 Å². The molecule has 0 spiro atoms. The molecule has 2 rings (SSSR count). The third-order valence-electron chi connectivity index (χ3n) is 6.10. The molecule has 0 aromatic heterocycles. The van der Waals surface area contributed by atoms with Crippen molar-refractivity contribution in [2.75, 3.05) is 0 Å². The Morgan fingerprint density at radius 2 is 1.75 bits per heavy atom. The summed E-state index contributed by atoms with van der Waals surface area (Å²) in [6, 6.07) is 0. The van der Waals surface area contributed by atoms with Crippen LogP contribution in [0.25, 0.3) is 0 Å². The van der Waals surface area contributed by atoms with Gasteiger partial charge in [-0.3, -0.25) is 0 Å². The van der Waals surface area contributed by atoms with Crippen molar-refractivity contribution in [1.82, 2.24) is 0 Å². The molecular weight excluding hydrogens is 192 g/mol. The van der Waals surface area contributed by atoms with Crippen molar-refractivity contribution in [2.24, 2.45) is 35.5 Å². The molecule has 0 amide bonds. The molecule has 0 aliphatic heterocycles. The molecule has 16 heavy (non-hydrogen) atoms. The Labute approximate surface area is 102 Å². The second-order valence-corrected chi connectivity index (χ2v) is 6.80. The van der Waals surface area contributed by atoms with Crippen LogP contribution >= 0.6 is 0 Å². The zero-order valence-corrected chi connectivity index (χ0v) is 11.7. The van der Waals surface area contributed by atoms with E-state index in [1.54, 1.807) is 6.42 Å². The van der Waals surface area contributed by atoms with E-state index in [-0.39, 0.29) is 0 Å². The van der Waals surface area contributed by atoms with Crippen LogP contribution in [0.1, 0.15) is 66.2 Å². The molecule has 2 saturated carbocycles. The molecule has 6 unspecified atom stereocenters. The lowest BCUT2D eigenvalue weighted by Crippen LogP contribution is -2.37. The quantitative estimate of drug-likeness (QED) is 0.607. The van der Waals surface area contributed by atoms with Crippen LogP contribution in [-0.4, -0.2) is 0 Å². The summed E-state index contributed by atoms with van der Waals surface area (Å²) in [6.45, 7) is 9.85. The first-order chi connectivity index (χ1) is 7.63. The van der Waals surface area contributed by atoms with Crippen LogP contribution in [-0.2, 0) is 0 Å². The average molecular weight is 222 g/mol. The number of hydrogen-bond donors (Lipinski definition) is 0. The van der Waals surface area contributed by atoms with Crippen molar-refractivity contribution < 1.29 is 0 Å². The van der Waals surface area contributed by atoms with Gasteiger partial charge in [-0.2, -0.15) is 0 Å². The van der Waals surface area contributed by atoms with Gasteiger partial charge in [0.15, 0.2) is 0 Å². The van der Waals surface area contributed by atoms with E-state index in [1.807, 2.05) is 0 Å². The Morgan fingerprint density at radius 1 is 1.06 bits per heavy atom. The molecule has 0 bridgehead atoms. The Morgan fingerprint density at radius 3 is 2.44 bits per heavy atom. The summed E-state index contributed by atoms with van der Waals surface area (Å²) < 4.78 is 0. The monoisotopic (exact) mass is 222 g/mol. The van der Waals surface area contributed by atoms with Gasteiger partial charge in [-0.1, -0.05) is 40.5 Å². The molecule has 6 atom stereocenters. The highest BCUT2D eigenvalue weighted by Crippen LogP contribution is 2.49. The van der Waals surface area contributed by atoms with Gasteiger partial charge >= 0.3 is 0 Å². The van der Waals surface area contributed by atoms with Crippen LogP contribution in [0.5, 0.6) is 0 Å². The summed E-state index contributed by atoms with van der Waals surface area (Å²) in [5.74, 6) is 6.13. The molecule has 0 aromatic rings. The average Bonchev–Trinajstić information content (AvgIpc) is 2.32. The van der Waals surface area contributed by atoms with Crippen molar-refractivity contribution in [3.05, 3.63) is 0 Å². The minimum Gasteiger partial charge on any atom is -0.0651 e. The summed E-state index contributed by atoms with van der Waals surface area (Å²) in [7, 11) is 0. The molecule has 2 aliphatic rings. The standard InChI is InChI=1S/C16H30/c1-5-11(2)15-9-8-14-7-6-12(3)13(4)16(14)10-15/h11-16H,5-10H2,1-4H3. The van der Waals surface area contributed by atoms with Crippen molar-refractivity contribution in [3.8, 4) is 0 Å². The van der Waals surface area contributed by atoms with E-state index in [1.165, 1.54) is 32.1 Å². The SMILES string of the molecule is CCC(C)C1CCC2CCC(C)C(C)C2C1. The molecule has 0 saturated heterocycles. The molecule has 0 heteroatoms. The van der Waals surface area contributed by atoms with Gasteiger partial charge in [-0.05, 0) is 61.2 Å². The highest BCUT2D eigenvalue weighted by molar-refractivity contribution is 4.89. The molecule has 0 aromatic carbocycles. The second kappa shape index (κ2) is 5.10. The smallest absolute Gasteiger partial charge is 0.0355 e. The van der Waals surface area contributed by atoms with Crippen LogP contribution in [0.4, 0.5) is 0 Å². The maximum atomic E-state index is 2.53. The van der Waals surface area contributed by atoms with Crippen molar-refractivity contribution in [2.45, 2.75) is 66.2 Å². The van der Waals surface area contributed by atoms with Gasteiger partial charge in [0.2, 0.25) is 0 Å². The Balaban J connectivity index is 1.99. The highest BCUT2D eigenvalue weighted by Gasteiger charge is 2.39. The minimum atomic E-state index is 0.963. The summed E-state index contributed by atoms with van der Waals surface area (Å²) in [4.78, 5) is 0. The van der Waals surface area contributed by atoms with Gasteiger partial charge in [0, 0.05) is 0 Å². The van der Waals surface area contributed by atoms with E-state index in [9.17, 15) is 0 Å². The largest absolute Gasteiger partial charge is 0.0651 e. The molecule has 0 radical (unpaired) electrons. The van der Waals surface area contributed by atoms with Crippen molar-refractivity contribution >= 4 is 0 Å². The van der Waals surface area contributed by atoms with E-state index in [0.29, 0.717) is 0 Å².